The summed E-state index contributed by atoms with van der Waals surface area (Å²) in [5, 5.41) is 4.71. The van der Waals surface area contributed by atoms with Crippen LogP contribution in [0.3, 0.4) is 0 Å². The molecule has 2 N–H and O–H groups in total. The molecule has 0 bridgehead atoms. The number of para-hydroxylation sites is 1. The van der Waals surface area contributed by atoms with Crippen LogP contribution in [0.5, 0.6) is 0 Å². The van der Waals surface area contributed by atoms with E-state index in [0.717, 1.165) is 32.1 Å². The van der Waals surface area contributed by atoms with Crippen LogP contribution in [-0.2, 0) is 6.42 Å². The number of nitrogens with zero attached hydrogens (tertiary/aromatic N) is 1. The minimum absolute atomic E-state index is 0.732. The van der Waals surface area contributed by atoms with E-state index in [0.29, 0.717) is 0 Å². The molecule has 0 atom stereocenters. The third-order valence-corrected chi connectivity index (χ3v) is 4.12. The Hall–Kier alpha value is -1.32. The van der Waals surface area contributed by atoms with Crippen molar-refractivity contribution in [1.29, 1.82) is 0 Å². The lowest BCUT2D eigenvalue weighted by Crippen LogP contribution is -2.56. The van der Waals surface area contributed by atoms with E-state index in [4.69, 9.17) is 0 Å². The first-order valence-electron chi connectivity index (χ1n) is 6.73. The molecule has 3 heteroatoms. The van der Waals surface area contributed by atoms with Gasteiger partial charge in [-0.05, 0) is 32.0 Å². The van der Waals surface area contributed by atoms with Crippen molar-refractivity contribution in [2.45, 2.75) is 19.4 Å². The van der Waals surface area contributed by atoms with Gasteiger partial charge in [0.25, 0.3) is 0 Å². The fraction of sp³-hybridized carbons (Fsp3) is 0.467. The van der Waals surface area contributed by atoms with Gasteiger partial charge in [0.2, 0.25) is 0 Å². The van der Waals surface area contributed by atoms with Crippen molar-refractivity contribution < 1.29 is 0 Å². The largest absolute Gasteiger partial charge is 0.358 e. The number of benzene rings is 1. The second-order valence-electron chi connectivity index (χ2n) is 5.32. The number of nitrogens with one attached hydrogen (secondary N) is 2. The number of fused-ring (bicyclic) bond motifs is 1. The number of rotatable bonds is 4. The molecule has 18 heavy (non-hydrogen) atoms. The maximum Gasteiger partial charge on any atom is 0.0458 e. The molecule has 3 rings (SSSR count). The zero-order valence-electron chi connectivity index (χ0n) is 11.2. The van der Waals surface area contributed by atoms with Crippen LogP contribution >= 0.6 is 0 Å². The molecule has 1 aliphatic heterocycles. The van der Waals surface area contributed by atoms with Gasteiger partial charge in [-0.25, -0.2) is 0 Å². The van der Waals surface area contributed by atoms with Gasteiger partial charge < -0.3 is 15.2 Å². The number of likely N-dealkylation sites (N-methyl/N-ethyl adjacent to an activating group) is 1. The molecule has 96 valence electrons. The number of aromatic nitrogens is 1. The fourth-order valence-corrected chi connectivity index (χ4v) is 2.71. The van der Waals surface area contributed by atoms with Crippen LogP contribution in [-0.4, -0.2) is 42.6 Å². The number of aryl methyl sites for hydroxylation is 1. The van der Waals surface area contributed by atoms with Gasteiger partial charge in [0.05, 0.1) is 0 Å². The Morgan fingerprint density at radius 1 is 1.28 bits per heavy atom. The highest BCUT2D eigenvalue weighted by atomic mass is 15.2. The van der Waals surface area contributed by atoms with Gasteiger partial charge in [-0.3, -0.25) is 0 Å². The predicted molar refractivity (Wildman–Crippen MR) is 76.0 cm³/mol. The molecular weight excluding hydrogens is 222 g/mol. The van der Waals surface area contributed by atoms with Crippen LogP contribution in [0.1, 0.15) is 11.3 Å². The summed E-state index contributed by atoms with van der Waals surface area (Å²) in [6, 6.07) is 9.33. The van der Waals surface area contributed by atoms with Gasteiger partial charge in [0.1, 0.15) is 0 Å². The highest BCUT2D eigenvalue weighted by Gasteiger charge is 2.21. The Morgan fingerprint density at radius 2 is 2.06 bits per heavy atom. The van der Waals surface area contributed by atoms with Crippen LogP contribution in [0.15, 0.2) is 24.3 Å². The van der Waals surface area contributed by atoms with E-state index in [1.165, 1.54) is 22.2 Å². The highest BCUT2D eigenvalue weighted by molar-refractivity contribution is 5.84. The number of H-pyrrole nitrogens is 1. The minimum atomic E-state index is 0.732. The topological polar surface area (TPSA) is 31.1 Å². The van der Waals surface area contributed by atoms with E-state index in [1.807, 2.05) is 0 Å². The van der Waals surface area contributed by atoms with Gasteiger partial charge in [-0.15, -0.1) is 0 Å². The first kappa shape index (κ1) is 11.8. The SMILES string of the molecule is Cc1[nH]c2ccccc2c1CCN(C)C1CNC1. The Bertz CT molecular complexity index is 540. The summed E-state index contributed by atoms with van der Waals surface area (Å²) in [6.45, 7) is 5.60. The minimum Gasteiger partial charge on any atom is -0.358 e. The molecule has 2 heterocycles. The van der Waals surface area contributed by atoms with Crippen LogP contribution in [0.2, 0.25) is 0 Å². The summed E-state index contributed by atoms with van der Waals surface area (Å²) in [7, 11) is 2.23. The maximum atomic E-state index is 3.48. The Balaban J connectivity index is 1.75. The molecule has 0 aliphatic carbocycles. The predicted octanol–water partition coefficient (Wildman–Crippen LogP) is 1.92. The summed E-state index contributed by atoms with van der Waals surface area (Å²) in [5.41, 5.74) is 4.05. The third-order valence-electron chi connectivity index (χ3n) is 4.12. The van der Waals surface area contributed by atoms with Crippen molar-refractivity contribution in [2.75, 3.05) is 26.7 Å². The van der Waals surface area contributed by atoms with E-state index in [9.17, 15) is 0 Å². The molecule has 3 nitrogen and oxygen atoms in total. The normalized spacial score (nSPS) is 16.4. The monoisotopic (exact) mass is 243 g/mol. The molecule has 0 radical (unpaired) electrons. The maximum absolute atomic E-state index is 3.48. The van der Waals surface area contributed by atoms with Crippen molar-refractivity contribution >= 4 is 10.9 Å². The van der Waals surface area contributed by atoms with Gasteiger partial charge in [0.15, 0.2) is 0 Å². The third kappa shape index (κ3) is 2.04. The molecule has 0 unspecified atom stereocenters. The molecule has 0 amide bonds. The summed E-state index contributed by atoms with van der Waals surface area (Å²) < 4.78 is 0. The van der Waals surface area contributed by atoms with E-state index < -0.39 is 0 Å². The van der Waals surface area contributed by atoms with Crippen LogP contribution in [0, 0.1) is 6.92 Å². The van der Waals surface area contributed by atoms with E-state index >= 15 is 0 Å². The molecule has 1 fully saturated rings. The molecule has 1 aliphatic rings. The van der Waals surface area contributed by atoms with Crippen molar-refractivity contribution in [2.24, 2.45) is 0 Å². The Morgan fingerprint density at radius 3 is 2.78 bits per heavy atom. The number of aromatic amines is 1. The first-order valence-corrected chi connectivity index (χ1v) is 6.73. The molecule has 1 aromatic carbocycles. The second kappa shape index (κ2) is 4.75. The smallest absolute Gasteiger partial charge is 0.0458 e. The van der Waals surface area contributed by atoms with Crippen LogP contribution < -0.4 is 5.32 Å². The lowest BCUT2D eigenvalue weighted by atomic mass is 10.1. The van der Waals surface area contributed by atoms with E-state index in [-0.39, 0.29) is 0 Å². The van der Waals surface area contributed by atoms with E-state index in [1.54, 1.807) is 0 Å². The summed E-state index contributed by atoms with van der Waals surface area (Å²) in [6.07, 6.45) is 1.13. The van der Waals surface area contributed by atoms with Crippen LogP contribution in [0.25, 0.3) is 10.9 Å². The average molecular weight is 243 g/mol. The number of hydrogen-bond acceptors (Lipinski definition) is 2. The molecule has 0 spiro atoms. The summed E-state index contributed by atoms with van der Waals surface area (Å²) in [5.74, 6) is 0. The standard InChI is InChI=1S/C15H21N3/c1-11-13(7-8-18(2)12-9-16-10-12)14-5-3-4-6-15(14)17-11/h3-6,12,16-17H,7-10H2,1-2H3. The molecule has 1 aromatic heterocycles. The van der Waals surface area contributed by atoms with Gasteiger partial charge in [0, 0.05) is 42.3 Å². The van der Waals surface area contributed by atoms with Crippen molar-refractivity contribution in [3.63, 3.8) is 0 Å². The van der Waals surface area contributed by atoms with Crippen molar-refractivity contribution in [3.8, 4) is 0 Å². The second-order valence-corrected chi connectivity index (χ2v) is 5.32. The molecular formula is C15H21N3. The van der Waals surface area contributed by atoms with Gasteiger partial charge >= 0.3 is 0 Å². The molecule has 1 saturated heterocycles. The van der Waals surface area contributed by atoms with Gasteiger partial charge in [-0.2, -0.15) is 0 Å². The number of hydrogen-bond donors (Lipinski definition) is 2. The quantitative estimate of drug-likeness (QED) is 0.859. The zero-order valence-corrected chi connectivity index (χ0v) is 11.2. The summed E-state index contributed by atoms with van der Waals surface area (Å²) in [4.78, 5) is 5.95. The lowest BCUT2D eigenvalue weighted by molar-refractivity contribution is 0.182. The average Bonchev–Trinajstić information content (AvgIpc) is 2.60. The zero-order chi connectivity index (χ0) is 12.5. The lowest BCUT2D eigenvalue weighted by Gasteiger charge is -2.35. The van der Waals surface area contributed by atoms with Gasteiger partial charge in [-0.1, -0.05) is 18.2 Å². The molecule has 0 saturated carbocycles. The highest BCUT2D eigenvalue weighted by Crippen LogP contribution is 2.22. The molecule has 2 aromatic rings. The van der Waals surface area contributed by atoms with Crippen molar-refractivity contribution in [3.05, 3.63) is 35.5 Å². The van der Waals surface area contributed by atoms with E-state index in [2.05, 4.69) is 53.4 Å². The summed E-state index contributed by atoms with van der Waals surface area (Å²) >= 11 is 0. The fourth-order valence-electron chi connectivity index (χ4n) is 2.71. The Kier molecular flexibility index (Phi) is 3.10. The Labute approximate surface area is 108 Å². The van der Waals surface area contributed by atoms with Crippen molar-refractivity contribution in [1.82, 2.24) is 15.2 Å². The first-order chi connectivity index (χ1) is 8.75. The van der Waals surface area contributed by atoms with Crippen LogP contribution in [0.4, 0.5) is 0 Å².